The number of benzene rings is 1. The van der Waals surface area contributed by atoms with Crippen LogP contribution in [0.2, 0.25) is 0 Å². The average molecular weight is 396 g/mol. The smallest absolute Gasteiger partial charge is 0.328 e. The first-order chi connectivity index (χ1) is 13.0. The Morgan fingerprint density at radius 1 is 0.964 bits per heavy atom. The average Bonchev–Trinajstić information content (AvgIpc) is 2.64. The lowest BCUT2D eigenvalue weighted by Gasteiger charge is -2.22. The molecule has 0 saturated carbocycles. The summed E-state index contributed by atoms with van der Waals surface area (Å²) in [5, 5.41) is 26.5. The van der Waals surface area contributed by atoms with Crippen molar-refractivity contribution in [2.45, 2.75) is 32.9 Å². The van der Waals surface area contributed by atoms with Gasteiger partial charge >= 0.3 is 5.97 Å². The van der Waals surface area contributed by atoms with E-state index in [1.165, 1.54) is 14.0 Å². The van der Waals surface area contributed by atoms with Gasteiger partial charge < -0.3 is 15.4 Å². The van der Waals surface area contributed by atoms with Crippen molar-refractivity contribution in [3.8, 4) is 0 Å². The molecule has 12 nitrogen and oxygen atoms in total. The summed E-state index contributed by atoms with van der Waals surface area (Å²) in [5.41, 5.74) is -1.63. The predicted octanol–water partition coefficient (Wildman–Crippen LogP) is 0.935. The van der Waals surface area contributed by atoms with E-state index in [0.29, 0.717) is 0 Å². The lowest BCUT2D eigenvalue weighted by molar-refractivity contribution is -0.394. The quantitative estimate of drug-likeness (QED) is 0.371. The van der Waals surface area contributed by atoms with Gasteiger partial charge in [0.25, 0.3) is 17.3 Å². The monoisotopic (exact) mass is 396 g/mol. The molecule has 0 fully saturated rings. The van der Waals surface area contributed by atoms with Gasteiger partial charge in [-0.2, -0.15) is 0 Å². The molecule has 0 spiro atoms. The van der Waals surface area contributed by atoms with Crippen molar-refractivity contribution >= 4 is 29.2 Å². The van der Waals surface area contributed by atoms with Crippen molar-refractivity contribution in [1.29, 1.82) is 0 Å². The molecule has 12 heteroatoms. The van der Waals surface area contributed by atoms with E-state index in [-0.39, 0.29) is 11.5 Å². The Morgan fingerprint density at radius 3 is 1.86 bits per heavy atom. The molecule has 1 aromatic carbocycles. The molecule has 0 heterocycles. The molecule has 0 aliphatic rings. The maximum Gasteiger partial charge on any atom is 0.328 e. The molecule has 2 amide bonds. The van der Waals surface area contributed by atoms with Gasteiger partial charge in [-0.15, -0.1) is 0 Å². The Morgan fingerprint density at radius 2 is 1.46 bits per heavy atom. The highest BCUT2D eigenvalue weighted by Gasteiger charge is 2.28. The Kier molecular flexibility index (Phi) is 7.54. The van der Waals surface area contributed by atoms with E-state index < -0.39 is 51.1 Å². The van der Waals surface area contributed by atoms with Crippen molar-refractivity contribution in [1.82, 2.24) is 10.6 Å². The Bertz CT molecular complexity index is 776. The summed E-state index contributed by atoms with van der Waals surface area (Å²) in [6.45, 7) is 4.70. The zero-order valence-corrected chi connectivity index (χ0v) is 15.6. The van der Waals surface area contributed by atoms with Crippen LogP contribution < -0.4 is 10.6 Å². The summed E-state index contributed by atoms with van der Waals surface area (Å²) in [6.07, 6.45) is 0. The van der Waals surface area contributed by atoms with Crippen molar-refractivity contribution < 1.29 is 29.0 Å². The van der Waals surface area contributed by atoms with Gasteiger partial charge in [0, 0.05) is 12.1 Å². The van der Waals surface area contributed by atoms with Crippen LogP contribution in [0, 0.1) is 26.1 Å². The van der Waals surface area contributed by atoms with Crippen LogP contribution in [0.25, 0.3) is 0 Å². The Labute approximate surface area is 159 Å². The van der Waals surface area contributed by atoms with Crippen LogP contribution in [0.5, 0.6) is 0 Å². The third kappa shape index (κ3) is 5.72. The first kappa shape index (κ1) is 22.5. The van der Waals surface area contributed by atoms with Crippen LogP contribution >= 0.6 is 0 Å². The highest BCUT2D eigenvalue weighted by molar-refractivity contribution is 5.99. The van der Waals surface area contributed by atoms with E-state index >= 15 is 0 Å². The van der Waals surface area contributed by atoms with Gasteiger partial charge in [0.1, 0.15) is 12.1 Å². The van der Waals surface area contributed by atoms with E-state index in [0.717, 1.165) is 18.2 Å². The number of carbonyl (C=O) groups excluding carboxylic acids is 3. The van der Waals surface area contributed by atoms with E-state index in [1.54, 1.807) is 13.8 Å². The van der Waals surface area contributed by atoms with Crippen molar-refractivity contribution in [3.05, 3.63) is 44.0 Å². The molecular weight excluding hydrogens is 376 g/mol. The van der Waals surface area contributed by atoms with Gasteiger partial charge in [0.2, 0.25) is 5.91 Å². The molecule has 0 unspecified atom stereocenters. The number of hydrogen-bond donors (Lipinski definition) is 2. The fraction of sp³-hybridized carbons (Fsp3) is 0.438. The number of esters is 1. The minimum absolute atomic E-state index is 0.279. The number of ether oxygens (including phenoxy) is 1. The number of nitrogens with zero attached hydrogens (tertiary/aromatic N) is 2. The van der Waals surface area contributed by atoms with Crippen molar-refractivity contribution in [3.63, 3.8) is 0 Å². The molecule has 0 bridgehead atoms. The van der Waals surface area contributed by atoms with Gasteiger partial charge in [-0.3, -0.25) is 29.8 Å². The first-order valence-corrected chi connectivity index (χ1v) is 8.10. The molecule has 0 aliphatic carbocycles. The van der Waals surface area contributed by atoms with Crippen molar-refractivity contribution in [2.24, 2.45) is 5.92 Å². The number of nitro benzene ring substituents is 2. The van der Waals surface area contributed by atoms with Crippen LogP contribution in [0.1, 0.15) is 31.1 Å². The van der Waals surface area contributed by atoms with Crippen LogP contribution in [-0.4, -0.2) is 46.8 Å². The van der Waals surface area contributed by atoms with Crippen LogP contribution in [0.4, 0.5) is 11.4 Å². The van der Waals surface area contributed by atoms with Gasteiger partial charge in [-0.05, 0) is 12.8 Å². The molecule has 2 N–H and O–H groups in total. The van der Waals surface area contributed by atoms with Crippen LogP contribution in [0.3, 0.4) is 0 Å². The fourth-order valence-electron chi connectivity index (χ4n) is 2.19. The van der Waals surface area contributed by atoms with Gasteiger partial charge in [-0.1, -0.05) is 13.8 Å². The van der Waals surface area contributed by atoms with Crippen LogP contribution in [0.15, 0.2) is 18.2 Å². The lowest BCUT2D eigenvalue weighted by atomic mass is 10.0. The van der Waals surface area contributed by atoms with Gasteiger partial charge in [0.05, 0.1) is 28.6 Å². The molecule has 2 atom stereocenters. The second-order valence-corrected chi connectivity index (χ2v) is 6.20. The molecule has 152 valence electrons. The number of carbonyl (C=O) groups is 3. The number of hydrogen-bond acceptors (Lipinski definition) is 8. The minimum Gasteiger partial charge on any atom is -0.467 e. The zero-order chi connectivity index (χ0) is 21.6. The Hall–Kier alpha value is -3.57. The predicted molar refractivity (Wildman–Crippen MR) is 95.5 cm³/mol. The maximum absolute atomic E-state index is 12.3. The highest BCUT2D eigenvalue weighted by atomic mass is 16.6. The highest BCUT2D eigenvalue weighted by Crippen LogP contribution is 2.22. The van der Waals surface area contributed by atoms with E-state index in [1.807, 2.05) is 0 Å². The molecule has 1 rings (SSSR count). The third-order valence-electron chi connectivity index (χ3n) is 3.75. The number of rotatable bonds is 8. The van der Waals surface area contributed by atoms with Gasteiger partial charge in [0.15, 0.2) is 0 Å². The Balaban J connectivity index is 2.97. The molecule has 28 heavy (non-hydrogen) atoms. The van der Waals surface area contributed by atoms with E-state index in [4.69, 9.17) is 0 Å². The number of methoxy groups -OCH3 is 1. The zero-order valence-electron chi connectivity index (χ0n) is 15.6. The summed E-state index contributed by atoms with van der Waals surface area (Å²) in [5.74, 6) is -2.55. The van der Waals surface area contributed by atoms with Gasteiger partial charge in [-0.25, -0.2) is 4.79 Å². The van der Waals surface area contributed by atoms with Crippen molar-refractivity contribution in [2.75, 3.05) is 7.11 Å². The first-order valence-electron chi connectivity index (χ1n) is 8.10. The lowest BCUT2D eigenvalue weighted by Crippen LogP contribution is -2.52. The summed E-state index contributed by atoms with van der Waals surface area (Å²) in [6, 6.07) is 0.375. The minimum atomic E-state index is -1.13. The summed E-state index contributed by atoms with van der Waals surface area (Å²) in [4.78, 5) is 56.3. The summed E-state index contributed by atoms with van der Waals surface area (Å²) >= 11 is 0. The number of nitrogens with one attached hydrogen (secondary N) is 2. The van der Waals surface area contributed by atoms with Crippen LogP contribution in [-0.2, 0) is 14.3 Å². The molecule has 0 saturated heterocycles. The number of nitro groups is 2. The second-order valence-electron chi connectivity index (χ2n) is 6.20. The second kappa shape index (κ2) is 9.39. The standard InChI is InChI=1S/C16H20N4O8/c1-8(2)13(16(23)28-4)18-14(21)9(3)17-15(22)10-5-11(19(24)25)7-12(6-10)20(26)27/h5-9,13H,1-4H3,(H,17,22)(H,18,21)/t9-,13-/m0/s1. The maximum atomic E-state index is 12.3. The summed E-state index contributed by atoms with van der Waals surface area (Å²) in [7, 11) is 1.17. The fourth-order valence-corrected chi connectivity index (χ4v) is 2.19. The SMILES string of the molecule is COC(=O)[C@@H](NC(=O)[C@H](C)NC(=O)c1cc([N+](=O)[O-])cc([N+](=O)[O-])c1)C(C)C. The van der Waals surface area contributed by atoms with E-state index in [9.17, 15) is 34.6 Å². The molecule has 1 aromatic rings. The molecule has 0 aliphatic heterocycles. The molecule has 0 radical (unpaired) electrons. The molecule has 0 aromatic heterocycles. The third-order valence-corrected chi connectivity index (χ3v) is 3.75. The summed E-state index contributed by atoms with van der Waals surface area (Å²) < 4.78 is 4.61. The topological polar surface area (TPSA) is 171 Å². The van der Waals surface area contributed by atoms with E-state index in [2.05, 4.69) is 15.4 Å². The number of amides is 2. The number of non-ortho nitro benzene ring substituents is 2. The largest absolute Gasteiger partial charge is 0.467 e. The molecular formula is C16H20N4O8. The normalized spacial score (nSPS) is 12.6.